The van der Waals surface area contributed by atoms with Gasteiger partial charge in [-0.1, -0.05) is 36.8 Å². The molecule has 0 amide bonds. The molecule has 2 N–H and O–H groups in total. The lowest BCUT2D eigenvalue weighted by molar-refractivity contribution is 0.311. The summed E-state index contributed by atoms with van der Waals surface area (Å²) in [5.41, 5.74) is 0.993. The molecule has 0 saturated carbocycles. The van der Waals surface area contributed by atoms with Gasteiger partial charge in [0.2, 0.25) is 10.0 Å². The third kappa shape index (κ3) is 7.93. The fraction of sp³-hybridized carbons (Fsp3) is 0.435. The van der Waals surface area contributed by atoms with E-state index in [4.69, 9.17) is 4.74 Å². The molecule has 1 fully saturated rings. The third-order valence-electron chi connectivity index (χ3n) is 5.19. The second-order valence-electron chi connectivity index (χ2n) is 7.48. The van der Waals surface area contributed by atoms with Gasteiger partial charge in [0.25, 0.3) is 0 Å². The Balaban J connectivity index is 0.00000363. The number of aliphatic imine (C=N–C) groups is 1. The van der Waals surface area contributed by atoms with Crippen LogP contribution in [-0.4, -0.2) is 52.0 Å². The molecule has 9 heteroatoms. The molecule has 0 spiro atoms. The summed E-state index contributed by atoms with van der Waals surface area (Å²) in [4.78, 5) is 4.59. The average molecular weight is 573 g/mol. The maximum absolute atomic E-state index is 12.7. The largest absolute Gasteiger partial charge is 0.494 e. The Hall–Kier alpha value is -1.85. The Morgan fingerprint density at radius 3 is 2.34 bits per heavy atom. The summed E-state index contributed by atoms with van der Waals surface area (Å²) in [6.07, 6.45) is 3.82. The first-order valence-corrected chi connectivity index (χ1v) is 12.2. The third-order valence-corrected chi connectivity index (χ3v) is 7.10. The molecule has 0 atom stereocenters. The standard InChI is InChI=1S/C23H32N4O3S.HI/c1-24-23(25-15-8-18-30-21-9-4-2-5-10-21)26-19-20-11-13-22(14-12-20)31(28,29)27-16-6-3-7-17-27;/h2,4-5,9-14H,3,6-8,15-19H2,1H3,(H2,24,25,26);1H. The van der Waals surface area contributed by atoms with Crippen molar-refractivity contribution in [3.63, 3.8) is 0 Å². The van der Waals surface area contributed by atoms with Crippen molar-refractivity contribution >= 4 is 40.0 Å². The highest BCUT2D eigenvalue weighted by molar-refractivity contribution is 14.0. The number of rotatable bonds is 9. The number of para-hydroxylation sites is 1. The number of halogens is 1. The highest BCUT2D eigenvalue weighted by Gasteiger charge is 2.25. The van der Waals surface area contributed by atoms with E-state index in [0.29, 0.717) is 37.1 Å². The molecular weight excluding hydrogens is 539 g/mol. The number of sulfonamides is 1. The van der Waals surface area contributed by atoms with Crippen LogP contribution in [0.5, 0.6) is 5.75 Å². The molecule has 0 bridgehead atoms. The quantitative estimate of drug-likeness (QED) is 0.208. The molecule has 1 saturated heterocycles. The molecule has 0 aliphatic carbocycles. The fourth-order valence-corrected chi connectivity index (χ4v) is 4.94. The molecular formula is C23H33IN4O3S. The zero-order chi connectivity index (χ0) is 21.9. The minimum absolute atomic E-state index is 0. The molecule has 1 aliphatic rings. The van der Waals surface area contributed by atoms with Crippen LogP contribution in [-0.2, 0) is 16.6 Å². The molecule has 1 heterocycles. The average Bonchev–Trinajstić information content (AvgIpc) is 2.82. The van der Waals surface area contributed by atoms with E-state index in [1.165, 1.54) is 0 Å². The Morgan fingerprint density at radius 1 is 1.00 bits per heavy atom. The Kier molecular flexibility index (Phi) is 11.3. The van der Waals surface area contributed by atoms with E-state index in [2.05, 4.69) is 15.6 Å². The van der Waals surface area contributed by atoms with Gasteiger partial charge in [-0.25, -0.2) is 8.42 Å². The predicted molar refractivity (Wildman–Crippen MR) is 139 cm³/mol. The van der Waals surface area contributed by atoms with E-state index in [9.17, 15) is 8.42 Å². The van der Waals surface area contributed by atoms with Gasteiger partial charge >= 0.3 is 0 Å². The molecule has 3 rings (SSSR count). The highest BCUT2D eigenvalue weighted by atomic mass is 127. The number of piperidine rings is 1. The van der Waals surface area contributed by atoms with Crippen LogP contribution >= 0.6 is 24.0 Å². The van der Waals surface area contributed by atoms with Gasteiger partial charge in [0.1, 0.15) is 5.75 Å². The summed E-state index contributed by atoms with van der Waals surface area (Å²) in [6, 6.07) is 16.8. The van der Waals surface area contributed by atoms with E-state index >= 15 is 0 Å². The minimum Gasteiger partial charge on any atom is -0.494 e. The highest BCUT2D eigenvalue weighted by Crippen LogP contribution is 2.20. The van der Waals surface area contributed by atoms with E-state index < -0.39 is 10.0 Å². The van der Waals surface area contributed by atoms with Crippen molar-refractivity contribution in [2.24, 2.45) is 4.99 Å². The van der Waals surface area contributed by atoms with Crippen LogP contribution in [0.4, 0.5) is 0 Å². The molecule has 0 unspecified atom stereocenters. The number of ether oxygens (including phenoxy) is 1. The van der Waals surface area contributed by atoms with Crippen LogP contribution < -0.4 is 15.4 Å². The van der Waals surface area contributed by atoms with E-state index in [1.54, 1.807) is 23.5 Å². The second kappa shape index (κ2) is 13.6. The first-order chi connectivity index (χ1) is 15.1. The SMILES string of the molecule is CN=C(NCCCOc1ccccc1)NCc1ccc(S(=O)(=O)N2CCCCC2)cc1.I. The Bertz CT molecular complexity index is 931. The normalized spacial score (nSPS) is 15.0. The van der Waals surface area contributed by atoms with Crippen molar-refractivity contribution < 1.29 is 13.2 Å². The fourth-order valence-electron chi connectivity index (χ4n) is 3.43. The van der Waals surface area contributed by atoms with Crippen molar-refractivity contribution in [2.75, 3.05) is 33.3 Å². The first kappa shape index (κ1) is 26.4. The van der Waals surface area contributed by atoms with Gasteiger partial charge in [0, 0.05) is 33.2 Å². The zero-order valence-corrected chi connectivity index (χ0v) is 21.6. The van der Waals surface area contributed by atoms with Gasteiger partial charge < -0.3 is 15.4 Å². The lowest BCUT2D eigenvalue weighted by atomic mass is 10.2. The Morgan fingerprint density at radius 2 is 1.69 bits per heavy atom. The molecule has 2 aromatic rings. The lowest BCUT2D eigenvalue weighted by Gasteiger charge is -2.25. The number of nitrogens with zero attached hydrogens (tertiary/aromatic N) is 2. The lowest BCUT2D eigenvalue weighted by Crippen LogP contribution is -2.37. The van der Waals surface area contributed by atoms with E-state index in [1.807, 2.05) is 42.5 Å². The van der Waals surface area contributed by atoms with E-state index in [-0.39, 0.29) is 24.0 Å². The molecule has 2 aromatic carbocycles. The van der Waals surface area contributed by atoms with Crippen molar-refractivity contribution in [1.82, 2.24) is 14.9 Å². The second-order valence-corrected chi connectivity index (χ2v) is 9.41. The predicted octanol–water partition coefficient (Wildman–Crippen LogP) is 3.61. The van der Waals surface area contributed by atoms with Gasteiger partial charge in [-0.2, -0.15) is 4.31 Å². The van der Waals surface area contributed by atoms with E-state index in [0.717, 1.165) is 43.5 Å². The first-order valence-electron chi connectivity index (χ1n) is 10.8. The summed E-state index contributed by atoms with van der Waals surface area (Å²) in [7, 11) is -1.66. The van der Waals surface area contributed by atoms with Crippen molar-refractivity contribution in [3.8, 4) is 5.75 Å². The van der Waals surface area contributed by atoms with Gasteiger partial charge in [-0.15, -0.1) is 24.0 Å². The molecule has 7 nitrogen and oxygen atoms in total. The van der Waals surface area contributed by atoms with Crippen LogP contribution in [0.15, 0.2) is 64.5 Å². The number of hydrogen-bond donors (Lipinski definition) is 2. The van der Waals surface area contributed by atoms with Crippen LogP contribution in [0.1, 0.15) is 31.2 Å². The maximum atomic E-state index is 12.7. The summed E-state index contributed by atoms with van der Waals surface area (Å²) >= 11 is 0. The van der Waals surface area contributed by atoms with Crippen LogP contribution in [0, 0.1) is 0 Å². The monoisotopic (exact) mass is 572 g/mol. The van der Waals surface area contributed by atoms with Gasteiger partial charge in [-0.3, -0.25) is 4.99 Å². The summed E-state index contributed by atoms with van der Waals surface area (Å²) < 4.78 is 32.8. The summed E-state index contributed by atoms with van der Waals surface area (Å²) in [5, 5.41) is 6.52. The molecule has 176 valence electrons. The molecule has 0 aromatic heterocycles. The van der Waals surface area contributed by atoms with Crippen LogP contribution in [0.2, 0.25) is 0 Å². The number of nitrogens with one attached hydrogen (secondary N) is 2. The van der Waals surface area contributed by atoms with Gasteiger partial charge in [-0.05, 0) is 49.1 Å². The number of guanidine groups is 1. The summed E-state index contributed by atoms with van der Waals surface area (Å²) in [6.45, 7) is 3.15. The topological polar surface area (TPSA) is 83.0 Å². The van der Waals surface area contributed by atoms with Crippen molar-refractivity contribution in [2.45, 2.75) is 37.1 Å². The van der Waals surface area contributed by atoms with Gasteiger partial charge in [0.15, 0.2) is 5.96 Å². The Labute approximate surface area is 208 Å². The molecule has 1 aliphatic heterocycles. The number of hydrogen-bond acceptors (Lipinski definition) is 4. The van der Waals surface area contributed by atoms with Crippen molar-refractivity contribution in [1.29, 1.82) is 0 Å². The zero-order valence-electron chi connectivity index (χ0n) is 18.5. The molecule has 32 heavy (non-hydrogen) atoms. The van der Waals surface area contributed by atoms with Crippen LogP contribution in [0.25, 0.3) is 0 Å². The minimum atomic E-state index is -3.39. The van der Waals surface area contributed by atoms with Crippen LogP contribution in [0.3, 0.4) is 0 Å². The smallest absolute Gasteiger partial charge is 0.243 e. The summed E-state index contributed by atoms with van der Waals surface area (Å²) in [5.74, 6) is 1.57. The maximum Gasteiger partial charge on any atom is 0.243 e. The van der Waals surface area contributed by atoms with Gasteiger partial charge in [0.05, 0.1) is 11.5 Å². The molecule has 0 radical (unpaired) electrons. The van der Waals surface area contributed by atoms with Crippen molar-refractivity contribution in [3.05, 3.63) is 60.2 Å². The number of benzene rings is 2.